The van der Waals surface area contributed by atoms with E-state index in [-0.39, 0.29) is 0 Å². The van der Waals surface area contributed by atoms with Gasteiger partial charge in [-0.2, -0.15) is 0 Å². The molecule has 7 heteroatoms. The van der Waals surface area contributed by atoms with Gasteiger partial charge in [0.05, 0.1) is 19.4 Å². The van der Waals surface area contributed by atoms with Crippen molar-refractivity contribution in [3.8, 4) is 22.8 Å². The van der Waals surface area contributed by atoms with E-state index in [4.69, 9.17) is 14.5 Å². The highest BCUT2D eigenvalue weighted by Crippen LogP contribution is 2.28. The number of methoxy groups -OCH3 is 1. The van der Waals surface area contributed by atoms with Gasteiger partial charge in [-0.25, -0.2) is 9.97 Å². The Labute approximate surface area is 196 Å². The van der Waals surface area contributed by atoms with Crippen molar-refractivity contribution in [2.24, 2.45) is 0 Å². The van der Waals surface area contributed by atoms with Crippen LogP contribution in [0.1, 0.15) is 25.3 Å². The lowest BCUT2D eigenvalue weighted by Crippen LogP contribution is -2.35. The summed E-state index contributed by atoms with van der Waals surface area (Å²) in [5, 5.41) is 10.4. The Morgan fingerprint density at radius 3 is 2.76 bits per heavy atom. The van der Waals surface area contributed by atoms with Gasteiger partial charge in [-0.1, -0.05) is 18.2 Å². The minimum atomic E-state index is 0.519. The number of ether oxygens (including phenoxy) is 2. The first-order valence-corrected chi connectivity index (χ1v) is 11.7. The van der Waals surface area contributed by atoms with E-state index < -0.39 is 0 Å². The number of hydrogen-bond donors (Lipinski definition) is 3. The first-order chi connectivity index (χ1) is 16.2. The summed E-state index contributed by atoms with van der Waals surface area (Å²) >= 11 is 0. The Morgan fingerprint density at radius 2 is 1.94 bits per heavy atom. The van der Waals surface area contributed by atoms with Crippen LogP contribution in [0.2, 0.25) is 0 Å². The van der Waals surface area contributed by atoms with Crippen molar-refractivity contribution in [3.05, 3.63) is 60.3 Å². The number of aromatic nitrogens is 2. The third kappa shape index (κ3) is 6.35. The van der Waals surface area contributed by atoms with E-state index in [2.05, 4.69) is 51.3 Å². The number of benzene rings is 2. The summed E-state index contributed by atoms with van der Waals surface area (Å²) < 4.78 is 11.0. The molecule has 0 aliphatic carbocycles. The highest BCUT2D eigenvalue weighted by molar-refractivity contribution is 5.65. The summed E-state index contributed by atoms with van der Waals surface area (Å²) in [6.45, 7) is 5.44. The van der Waals surface area contributed by atoms with Crippen molar-refractivity contribution in [1.29, 1.82) is 0 Å². The second kappa shape index (κ2) is 11.5. The van der Waals surface area contributed by atoms with Gasteiger partial charge in [0.2, 0.25) is 5.95 Å². The minimum Gasteiger partial charge on any atom is -0.493 e. The van der Waals surface area contributed by atoms with E-state index >= 15 is 0 Å². The van der Waals surface area contributed by atoms with Crippen LogP contribution in [0.4, 0.5) is 11.6 Å². The third-order valence-corrected chi connectivity index (χ3v) is 5.75. The first kappa shape index (κ1) is 22.9. The van der Waals surface area contributed by atoms with E-state index in [1.165, 1.54) is 0 Å². The zero-order chi connectivity index (χ0) is 22.9. The largest absolute Gasteiger partial charge is 0.493 e. The second-order valence-corrected chi connectivity index (χ2v) is 8.11. The topological polar surface area (TPSA) is 80.3 Å². The van der Waals surface area contributed by atoms with Gasteiger partial charge in [0, 0.05) is 30.0 Å². The fourth-order valence-electron chi connectivity index (χ4n) is 4.04. The molecule has 0 saturated carbocycles. The van der Waals surface area contributed by atoms with Gasteiger partial charge >= 0.3 is 0 Å². The van der Waals surface area contributed by atoms with E-state index in [0.29, 0.717) is 18.6 Å². The average Bonchev–Trinajstić information content (AvgIpc) is 2.86. The lowest BCUT2D eigenvalue weighted by Gasteiger charge is -2.24. The van der Waals surface area contributed by atoms with Crippen LogP contribution in [0, 0.1) is 0 Å². The minimum absolute atomic E-state index is 0.519. The van der Waals surface area contributed by atoms with Gasteiger partial charge in [-0.3, -0.25) is 0 Å². The molecule has 0 radical (unpaired) electrons. The molecule has 0 amide bonds. The Hall–Kier alpha value is -3.32. The highest BCUT2D eigenvalue weighted by atomic mass is 16.5. The molecule has 2 heterocycles. The molecule has 1 aromatic heterocycles. The molecule has 0 atom stereocenters. The number of nitrogens with one attached hydrogen (secondary N) is 3. The zero-order valence-electron chi connectivity index (χ0n) is 19.4. The van der Waals surface area contributed by atoms with Gasteiger partial charge in [0.25, 0.3) is 0 Å². The van der Waals surface area contributed by atoms with Crippen LogP contribution in [0.25, 0.3) is 11.3 Å². The molecule has 3 N–H and O–H groups in total. The van der Waals surface area contributed by atoms with Crippen LogP contribution in [-0.2, 0) is 6.42 Å². The predicted octanol–water partition coefficient (Wildman–Crippen LogP) is 4.37. The fourth-order valence-corrected chi connectivity index (χ4v) is 4.04. The molecule has 1 saturated heterocycles. The number of hydrogen-bond acceptors (Lipinski definition) is 7. The number of anilines is 2. The van der Waals surface area contributed by atoms with Gasteiger partial charge in [0.1, 0.15) is 0 Å². The van der Waals surface area contributed by atoms with Crippen molar-refractivity contribution >= 4 is 11.6 Å². The first-order valence-electron chi connectivity index (χ1n) is 11.7. The maximum absolute atomic E-state index is 5.59. The summed E-state index contributed by atoms with van der Waals surface area (Å²) in [5.74, 6) is 2.15. The van der Waals surface area contributed by atoms with Gasteiger partial charge in [-0.15, -0.1) is 0 Å². The van der Waals surface area contributed by atoms with Gasteiger partial charge in [0.15, 0.2) is 11.5 Å². The van der Waals surface area contributed by atoms with Gasteiger partial charge in [-0.05, 0) is 75.2 Å². The molecule has 0 bridgehead atoms. The molecular formula is C26H33N5O2. The molecule has 33 heavy (non-hydrogen) atoms. The molecule has 174 valence electrons. The number of piperidine rings is 1. The lowest BCUT2D eigenvalue weighted by molar-refractivity contribution is 0.310. The molecule has 3 aromatic rings. The highest BCUT2D eigenvalue weighted by Gasteiger charge is 2.13. The predicted molar refractivity (Wildman–Crippen MR) is 133 cm³/mol. The maximum atomic E-state index is 5.59. The molecule has 2 aromatic carbocycles. The van der Waals surface area contributed by atoms with E-state index in [9.17, 15) is 0 Å². The number of nitrogens with zero attached hydrogens (tertiary/aromatic N) is 2. The molecule has 0 spiro atoms. The summed E-state index contributed by atoms with van der Waals surface area (Å²) in [7, 11) is 1.66. The summed E-state index contributed by atoms with van der Waals surface area (Å²) in [4.78, 5) is 9.12. The van der Waals surface area contributed by atoms with Crippen LogP contribution >= 0.6 is 0 Å². The molecule has 1 aliphatic heterocycles. The smallest absolute Gasteiger partial charge is 0.223 e. The maximum Gasteiger partial charge on any atom is 0.223 e. The zero-order valence-corrected chi connectivity index (χ0v) is 19.4. The number of rotatable bonds is 10. The van der Waals surface area contributed by atoms with Crippen molar-refractivity contribution in [2.45, 2.75) is 32.2 Å². The molecule has 0 unspecified atom stereocenters. The summed E-state index contributed by atoms with van der Waals surface area (Å²) in [5.41, 5.74) is 4.28. The van der Waals surface area contributed by atoms with Crippen molar-refractivity contribution in [1.82, 2.24) is 15.3 Å². The molecule has 4 rings (SSSR count). The van der Waals surface area contributed by atoms with E-state index in [1.807, 2.05) is 25.1 Å². The van der Waals surface area contributed by atoms with Crippen LogP contribution in [0.5, 0.6) is 11.5 Å². The van der Waals surface area contributed by atoms with Crippen LogP contribution in [0.3, 0.4) is 0 Å². The Bertz CT molecular complexity index is 1040. The molecule has 1 fully saturated rings. The molecule has 7 nitrogen and oxygen atoms in total. The van der Waals surface area contributed by atoms with Crippen molar-refractivity contribution in [3.63, 3.8) is 0 Å². The molecular weight excluding hydrogens is 414 g/mol. The Morgan fingerprint density at radius 1 is 1.06 bits per heavy atom. The third-order valence-electron chi connectivity index (χ3n) is 5.75. The lowest BCUT2D eigenvalue weighted by atomic mass is 10.1. The van der Waals surface area contributed by atoms with Crippen LogP contribution in [0.15, 0.2) is 54.7 Å². The van der Waals surface area contributed by atoms with Crippen LogP contribution < -0.4 is 25.4 Å². The Kier molecular flexibility index (Phi) is 7.98. The SMILES string of the molecule is CCOc1ccc(CCNc2nccc(-c3cccc(NC4CCNCC4)c3)n2)cc1OC. The van der Waals surface area contributed by atoms with E-state index in [1.54, 1.807) is 13.3 Å². The second-order valence-electron chi connectivity index (χ2n) is 8.11. The van der Waals surface area contributed by atoms with E-state index in [0.717, 1.165) is 72.9 Å². The van der Waals surface area contributed by atoms with Crippen molar-refractivity contribution < 1.29 is 9.47 Å². The monoisotopic (exact) mass is 447 g/mol. The quantitative estimate of drug-likeness (QED) is 0.426. The average molecular weight is 448 g/mol. The normalized spacial score (nSPS) is 14.0. The summed E-state index contributed by atoms with van der Waals surface area (Å²) in [6.07, 6.45) is 4.92. The van der Waals surface area contributed by atoms with Crippen LogP contribution in [-0.4, -0.2) is 49.4 Å². The van der Waals surface area contributed by atoms with Gasteiger partial charge < -0.3 is 25.4 Å². The van der Waals surface area contributed by atoms with Crippen molar-refractivity contribution in [2.75, 3.05) is 44.0 Å². The Balaban J connectivity index is 1.37. The molecule has 1 aliphatic rings. The standard InChI is InChI=1S/C26H33N5O2/c1-3-33-24-8-7-19(17-25(24)32-2)9-15-28-26-29-16-12-23(31-26)20-5-4-6-22(18-20)30-21-10-13-27-14-11-21/h4-8,12,16-18,21,27,30H,3,9-11,13-15H2,1-2H3,(H,28,29,31). The summed E-state index contributed by atoms with van der Waals surface area (Å²) in [6, 6.07) is 17.0. The fraction of sp³-hybridized carbons (Fsp3) is 0.385.